The van der Waals surface area contributed by atoms with Crippen molar-refractivity contribution in [2.75, 3.05) is 30.6 Å². The first-order chi connectivity index (χ1) is 11.7. The average molecular weight is 430 g/mol. The number of hydrogen-bond acceptors (Lipinski definition) is 5. The molecule has 0 saturated carbocycles. The quantitative estimate of drug-likeness (QED) is 0.688. The first-order valence-corrected chi connectivity index (χ1v) is 11.3. The molecule has 2 N–H and O–H groups in total. The Bertz CT molecular complexity index is 812. The standard InChI is InChI=1S/C15H24FN3O4S2.ClH/c1-3-10-24(20,21)18-15-5-4-13(11-14(15)16)25(22,23)19(2)12-6-8-17-9-7-12;/h4-5,11-12,17-18H,3,6-10H2,1-2H3;1H. The summed E-state index contributed by atoms with van der Waals surface area (Å²) < 4.78 is 66.5. The van der Waals surface area contributed by atoms with Gasteiger partial charge in [-0.3, -0.25) is 4.72 Å². The SMILES string of the molecule is CCCS(=O)(=O)Nc1ccc(S(=O)(=O)N(C)C2CCNCC2)cc1F.Cl. The summed E-state index contributed by atoms with van der Waals surface area (Å²) in [5.74, 6) is -1.05. The van der Waals surface area contributed by atoms with Gasteiger partial charge in [0.15, 0.2) is 0 Å². The number of rotatable bonds is 7. The van der Waals surface area contributed by atoms with Crippen LogP contribution in [0.1, 0.15) is 26.2 Å². The van der Waals surface area contributed by atoms with E-state index in [1.54, 1.807) is 6.92 Å². The van der Waals surface area contributed by atoms with Crippen molar-refractivity contribution in [3.8, 4) is 0 Å². The van der Waals surface area contributed by atoms with E-state index in [0.717, 1.165) is 25.2 Å². The molecular weight excluding hydrogens is 405 g/mol. The van der Waals surface area contributed by atoms with Crippen molar-refractivity contribution < 1.29 is 21.2 Å². The van der Waals surface area contributed by atoms with E-state index in [2.05, 4.69) is 10.0 Å². The van der Waals surface area contributed by atoms with E-state index in [0.29, 0.717) is 19.3 Å². The molecule has 0 bridgehead atoms. The van der Waals surface area contributed by atoms with Crippen LogP contribution in [0.5, 0.6) is 0 Å². The zero-order chi connectivity index (χ0) is 18.7. The average Bonchev–Trinajstić information content (AvgIpc) is 2.56. The van der Waals surface area contributed by atoms with E-state index in [4.69, 9.17) is 0 Å². The van der Waals surface area contributed by atoms with E-state index in [1.165, 1.54) is 17.4 Å². The van der Waals surface area contributed by atoms with Crippen LogP contribution in [-0.4, -0.2) is 53.1 Å². The van der Waals surface area contributed by atoms with Gasteiger partial charge >= 0.3 is 0 Å². The third-order valence-electron chi connectivity index (χ3n) is 4.18. The summed E-state index contributed by atoms with van der Waals surface area (Å²) >= 11 is 0. The van der Waals surface area contributed by atoms with E-state index in [9.17, 15) is 21.2 Å². The van der Waals surface area contributed by atoms with Gasteiger partial charge in [-0.15, -0.1) is 12.4 Å². The van der Waals surface area contributed by atoms with Crippen molar-refractivity contribution in [3.05, 3.63) is 24.0 Å². The van der Waals surface area contributed by atoms with E-state index < -0.39 is 25.9 Å². The second-order valence-corrected chi connectivity index (χ2v) is 9.90. The number of piperidine rings is 1. The lowest BCUT2D eigenvalue weighted by atomic mass is 10.1. The van der Waals surface area contributed by atoms with Gasteiger partial charge in [0.1, 0.15) is 5.82 Å². The Kier molecular flexibility index (Phi) is 8.28. The van der Waals surface area contributed by atoms with Gasteiger partial charge in [0.2, 0.25) is 20.0 Å². The van der Waals surface area contributed by atoms with Gasteiger partial charge < -0.3 is 5.32 Å². The highest BCUT2D eigenvalue weighted by molar-refractivity contribution is 7.92. The lowest BCUT2D eigenvalue weighted by molar-refractivity contribution is 0.296. The molecule has 7 nitrogen and oxygen atoms in total. The molecule has 1 heterocycles. The monoisotopic (exact) mass is 429 g/mol. The molecule has 0 amide bonds. The van der Waals surface area contributed by atoms with Crippen LogP contribution in [0.4, 0.5) is 10.1 Å². The number of hydrogen-bond donors (Lipinski definition) is 2. The fourth-order valence-corrected chi connectivity index (χ4v) is 5.33. The van der Waals surface area contributed by atoms with Crippen molar-refractivity contribution in [1.29, 1.82) is 0 Å². The highest BCUT2D eigenvalue weighted by Gasteiger charge is 2.29. The fraction of sp³-hybridized carbons (Fsp3) is 0.600. The minimum atomic E-state index is -3.84. The molecule has 0 radical (unpaired) electrons. The number of nitrogens with zero attached hydrogens (tertiary/aromatic N) is 1. The van der Waals surface area contributed by atoms with E-state index in [1.807, 2.05) is 0 Å². The second kappa shape index (κ2) is 9.32. The molecule has 0 unspecified atom stereocenters. The van der Waals surface area contributed by atoms with E-state index in [-0.39, 0.29) is 34.8 Å². The minimum Gasteiger partial charge on any atom is -0.317 e. The molecule has 11 heteroatoms. The minimum absolute atomic E-state index is 0. The zero-order valence-electron chi connectivity index (χ0n) is 14.7. The Labute approximate surface area is 160 Å². The zero-order valence-corrected chi connectivity index (χ0v) is 17.2. The first kappa shape index (κ1) is 23.1. The molecule has 0 aromatic heterocycles. The Balaban J connectivity index is 0.00000338. The summed E-state index contributed by atoms with van der Waals surface area (Å²) in [6.07, 6.45) is 1.77. The summed E-state index contributed by atoms with van der Waals surface area (Å²) in [6.45, 7) is 3.16. The molecule has 1 fully saturated rings. The highest BCUT2D eigenvalue weighted by Crippen LogP contribution is 2.25. The number of sulfonamides is 2. The lowest BCUT2D eigenvalue weighted by Gasteiger charge is -2.30. The van der Waals surface area contributed by atoms with Crippen LogP contribution < -0.4 is 10.0 Å². The maximum absolute atomic E-state index is 14.2. The molecule has 150 valence electrons. The van der Waals surface area contributed by atoms with Gasteiger partial charge in [-0.2, -0.15) is 4.31 Å². The van der Waals surface area contributed by atoms with Crippen molar-refractivity contribution in [1.82, 2.24) is 9.62 Å². The maximum Gasteiger partial charge on any atom is 0.243 e. The third-order valence-corrected chi connectivity index (χ3v) is 7.56. The Morgan fingerprint density at radius 2 is 1.85 bits per heavy atom. The molecule has 1 aromatic rings. The van der Waals surface area contributed by atoms with Crippen molar-refractivity contribution in [2.45, 2.75) is 37.1 Å². The van der Waals surface area contributed by atoms with Gasteiger partial charge in [-0.05, 0) is 50.6 Å². The summed E-state index contributed by atoms with van der Waals surface area (Å²) in [5, 5.41) is 3.16. The largest absolute Gasteiger partial charge is 0.317 e. The van der Waals surface area contributed by atoms with Crippen LogP contribution >= 0.6 is 12.4 Å². The summed E-state index contributed by atoms with van der Waals surface area (Å²) in [5.41, 5.74) is -0.253. The summed E-state index contributed by atoms with van der Waals surface area (Å²) in [7, 11) is -6.00. The third kappa shape index (κ3) is 5.53. The topological polar surface area (TPSA) is 95.6 Å². The highest BCUT2D eigenvalue weighted by atomic mass is 35.5. The van der Waals surface area contributed by atoms with Gasteiger partial charge in [-0.1, -0.05) is 6.92 Å². The molecule has 2 rings (SSSR count). The second-order valence-electron chi connectivity index (χ2n) is 6.07. The Morgan fingerprint density at radius 3 is 2.38 bits per heavy atom. The molecule has 26 heavy (non-hydrogen) atoms. The molecule has 0 spiro atoms. The first-order valence-electron chi connectivity index (χ1n) is 8.16. The number of anilines is 1. The van der Waals surface area contributed by atoms with Gasteiger partial charge in [-0.25, -0.2) is 21.2 Å². The van der Waals surface area contributed by atoms with Crippen LogP contribution in [0.3, 0.4) is 0 Å². The van der Waals surface area contributed by atoms with Crippen LogP contribution in [-0.2, 0) is 20.0 Å². The smallest absolute Gasteiger partial charge is 0.243 e. The molecular formula is C15H25ClFN3O4S2. The molecule has 1 aliphatic heterocycles. The van der Waals surface area contributed by atoms with Crippen molar-refractivity contribution in [3.63, 3.8) is 0 Å². The number of nitrogens with one attached hydrogen (secondary N) is 2. The lowest BCUT2D eigenvalue weighted by Crippen LogP contribution is -2.43. The maximum atomic E-state index is 14.2. The number of benzene rings is 1. The molecule has 0 atom stereocenters. The van der Waals surface area contributed by atoms with Gasteiger partial charge in [0.05, 0.1) is 16.3 Å². The molecule has 1 saturated heterocycles. The van der Waals surface area contributed by atoms with Crippen molar-refractivity contribution >= 4 is 38.1 Å². The van der Waals surface area contributed by atoms with Gasteiger partial charge in [0, 0.05) is 13.1 Å². The fourth-order valence-electron chi connectivity index (χ4n) is 2.76. The summed E-state index contributed by atoms with van der Waals surface area (Å²) in [6, 6.07) is 3.08. The normalized spacial score (nSPS) is 16.3. The van der Waals surface area contributed by atoms with Crippen LogP contribution in [0.2, 0.25) is 0 Å². The number of halogens is 2. The van der Waals surface area contributed by atoms with E-state index >= 15 is 0 Å². The van der Waals surface area contributed by atoms with Crippen LogP contribution in [0, 0.1) is 5.82 Å². The predicted molar refractivity (Wildman–Crippen MR) is 102 cm³/mol. The molecule has 1 aliphatic rings. The summed E-state index contributed by atoms with van der Waals surface area (Å²) in [4.78, 5) is -0.190. The molecule has 0 aliphatic carbocycles. The Morgan fingerprint density at radius 1 is 1.23 bits per heavy atom. The van der Waals surface area contributed by atoms with Crippen molar-refractivity contribution in [2.24, 2.45) is 0 Å². The van der Waals surface area contributed by atoms with Crippen LogP contribution in [0.15, 0.2) is 23.1 Å². The Hall–Kier alpha value is -0.940. The predicted octanol–water partition coefficient (Wildman–Crippen LogP) is 1.77. The molecule has 1 aromatic carbocycles. The van der Waals surface area contributed by atoms with Gasteiger partial charge in [0.25, 0.3) is 0 Å². The van der Waals surface area contributed by atoms with Crippen LogP contribution in [0.25, 0.3) is 0 Å².